The van der Waals surface area contributed by atoms with Crippen molar-refractivity contribution in [3.8, 4) is 40.0 Å². The quantitative estimate of drug-likeness (QED) is 0.192. The molecule has 0 N–H and O–H groups in total. The molecule has 0 atom stereocenters. The summed E-state index contributed by atoms with van der Waals surface area (Å²) in [6.07, 6.45) is 0. The number of aromatic nitrogens is 3. The zero-order valence-electron chi connectivity index (χ0n) is 26.7. The molecular weight excluding hydrogens is 613 g/mol. The Balaban J connectivity index is 1.34. The Morgan fingerprint density at radius 1 is 0.520 bits per heavy atom. The number of nitrogens with zero attached hydrogens (tertiary/aromatic N) is 4. The van der Waals surface area contributed by atoms with E-state index in [0.717, 1.165) is 71.7 Å². The SMILES string of the molecule is N#Cc1ccc(C2(c3nc(-c4ccc5ccccc5c4)nc(-c4cccc5oc6ccccc6c45)n3)c3ccccc3-c3ccccc32)cc1. The van der Waals surface area contributed by atoms with Gasteiger partial charge in [-0.3, -0.25) is 0 Å². The number of hydrogen-bond donors (Lipinski definition) is 0. The first-order chi connectivity index (χ1) is 24.7. The Bertz CT molecular complexity index is 2800. The van der Waals surface area contributed by atoms with Crippen LogP contribution in [0.4, 0.5) is 0 Å². The van der Waals surface area contributed by atoms with Gasteiger partial charge in [0.05, 0.1) is 11.6 Å². The molecule has 2 heterocycles. The highest BCUT2D eigenvalue weighted by molar-refractivity contribution is 6.11. The molecule has 7 aromatic carbocycles. The lowest BCUT2D eigenvalue weighted by Gasteiger charge is -2.32. The van der Waals surface area contributed by atoms with E-state index in [1.807, 2.05) is 66.7 Å². The third-order valence-corrected chi connectivity index (χ3v) is 10.0. The van der Waals surface area contributed by atoms with E-state index in [2.05, 4.69) is 97.1 Å². The van der Waals surface area contributed by atoms with E-state index < -0.39 is 5.41 Å². The zero-order valence-corrected chi connectivity index (χ0v) is 26.7. The maximum Gasteiger partial charge on any atom is 0.164 e. The molecule has 0 radical (unpaired) electrons. The van der Waals surface area contributed by atoms with E-state index in [-0.39, 0.29) is 0 Å². The fourth-order valence-corrected chi connectivity index (χ4v) is 7.79. The van der Waals surface area contributed by atoms with Crippen LogP contribution in [0.15, 0.2) is 162 Å². The van der Waals surface area contributed by atoms with E-state index >= 15 is 0 Å². The van der Waals surface area contributed by atoms with Crippen molar-refractivity contribution in [2.45, 2.75) is 5.41 Å². The molecule has 0 unspecified atom stereocenters. The van der Waals surface area contributed by atoms with Crippen molar-refractivity contribution in [3.05, 3.63) is 186 Å². The van der Waals surface area contributed by atoms with Crippen LogP contribution in [0.1, 0.15) is 28.1 Å². The van der Waals surface area contributed by atoms with Crippen LogP contribution in [0.2, 0.25) is 0 Å². The van der Waals surface area contributed by atoms with Crippen molar-refractivity contribution in [2.75, 3.05) is 0 Å². The van der Waals surface area contributed by atoms with Gasteiger partial charge in [0, 0.05) is 21.9 Å². The molecule has 1 aliphatic rings. The van der Waals surface area contributed by atoms with E-state index in [0.29, 0.717) is 23.0 Å². The van der Waals surface area contributed by atoms with Gasteiger partial charge in [0.1, 0.15) is 16.6 Å². The lowest BCUT2D eigenvalue weighted by Crippen LogP contribution is -2.31. The lowest BCUT2D eigenvalue weighted by atomic mass is 9.71. The van der Waals surface area contributed by atoms with Crippen LogP contribution < -0.4 is 0 Å². The third kappa shape index (κ3) is 4.03. The van der Waals surface area contributed by atoms with Gasteiger partial charge in [0.15, 0.2) is 17.5 Å². The summed E-state index contributed by atoms with van der Waals surface area (Å²) in [4.78, 5) is 16.1. The zero-order chi connectivity index (χ0) is 33.2. The molecule has 0 bridgehead atoms. The summed E-state index contributed by atoms with van der Waals surface area (Å²) in [5, 5.41) is 14.0. The molecule has 5 heteroatoms. The first kappa shape index (κ1) is 28.1. The van der Waals surface area contributed by atoms with Gasteiger partial charge in [-0.15, -0.1) is 0 Å². The minimum Gasteiger partial charge on any atom is -0.456 e. The first-order valence-corrected chi connectivity index (χ1v) is 16.6. The van der Waals surface area contributed by atoms with Gasteiger partial charge in [-0.2, -0.15) is 5.26 Å². The number of fused-ring (bicyclic) bond motifs is 7. The summed E-state index contributed by atoms with van der Waals surface area (Å²) in [5.74, 6) is 1.75. The Morgan fingerprint density at radius 2 is 1.16 bits per heavy atom. The predicted octanol–water partition coefficient (Wildman–Crippen LogP) is 10.5. The largest absolute Gasteiger partial charge is 0.456 e. The molecule has 5 nitrogen and oxygen atoms in total. The molecule has 0 spiro atoms. The fourth-order valence-electron chi connectivity index (χ4n) is 7.79. The summed E-state index contributed by atoms with van der Waals surface area (Å²) in [6, 6.07) is 56.0. The number of hydrogen-bond acceptors (Lipinski definition) is 5. The van der Waals surface area contributed by atoms with Crippen LogP contribution in [0.5, 0.6) is 0 Å². The highest BCUT2D eigenvalue weighted by Crippen LogP contribution is 2.55. The highest BCUT2D eigenvalue weighted by Gasteiger charge is 2.49. The Labute approximate surface area is 287 Å². The van der Waals surface area contributed by atoms with Crippen molar-refractivity contribution in [1.29, 1.82) is 5.26 Å². The van der Waals surface area contributed by atoms with E-state index in [1.165, 1.54) is 0 Å². The Morgan fingerprint density at radius 3 is 1.94 bits per heavy atom. The monoisotopic (exact) mass is 638 g/mol. The van der Waals surface area contributed by atoms with Gasteiger partial charge in [-0.1, -0.05) is 127 Å². The minimum absolute atomic E-state index is 0.560. The second-order valence-electron chi connectivity index (χ2n) is 12.7. The molecule has 10 rings (SSSR count). The van der Waals surface area contributed by atoms with Gasteiger partial charge in [0.25, 0.3) is 0 Å². The molecule has 2 aromatic heterocycles. The van der Waals surface area contributed by atoms with Crippen molar-refractivity contribution in [3.63, 3.8) is 0 Å². The van der Waals surface area contributed by atoms with Crippen LogP contribution in [0.25, 0.3) is 66.6 Å². The summed E-state index contributed by atoms with van der Waals surface area (Å²) in [7, 11) is 0. The minimum atomic E-state index is -0.892. The smallest absolute Gasteiger partial charge is 0.164 e. The molecule has 9 aromatic rings. The summed E-state index contributed by atoms with van der Waals surface area (Å²) < 4.78 is 6.31. The van der Waals surface area contributed by atoms with Crippen molar-refractivity contribution in [1.82, 2.24) is 15.0 Å². The van der Waals surface area contributed by atoms with E-state index in [4.69, 9.17) is 19.4 Å². The van der Waals surface area contributed by atoms with Crippen LogP contribution in [-0.2, 0) is 5.41 Å². The van der Waals surface area contributed by atoms with Gasteiger partial charge >= 0.3 is 0 Å². The standard InChI is InChI=1S/C45H26N4O/c46-27-28-20-24-32(25-21-28)45(37-16-6-3-12-33(37)34-13-4-7-17-38(34)45)44-48-42(31-23-22-29-10-1-2-11-30(29)26-31)47-43(49-44)36-15-9-19-40-41(36)35-14-5-8-18-39(35)50-40/h1-26H. The molecule has 0 saturated heterocycles. The number of para-hydroxylation sites is 1. The van der Waals surface area contributed by atoms with E-state index in [1.54, 1.807) is 0 Å². The van der Waals surface area contributed by atoms with Crippen molar-refractivity contribution in [2.24, 2.45) is 0 Å². The van der Waals surface area contributed by atoms with Crippen molar-refractivity contribution >= 4 is 32.7 Å². The van der Waals surface area contributed by atoms with Gasteiger partial charge in [-0.25, -0.2) is 15.0 Å². The average molecular weight is 639 g/mol. The highest BCUT2D eigenvalue weighted by atomic mass is 16.3. The van der Waals surface area contributed by atoms with Crippen LogP contribution in [0.3, 0.4) is 0 Å². The number of furan rings is 1. The molecule has 0 fully saturated rings. The van der Waals surface area contributed by atoms with Crippen LogP contribution in [-0.4, -0.2) is 15.0 Å². The molecule has 1 aliphatic carbocycles. The fraction of sp³-hybridized carbons (Fsp3) is 0.0222. The molecule has 50 heavy (non-hydrogen) atoms. The topological polar surface area (TPSA) is 75.6 Å². The first-order valence-electron chi connectivity index (χ1n) is 16.6. The van der Waals surface area contributed by atoms with Crippen LogP contribution in [0, 0.1) is 11.3 Å². The molecule has 0 amide bonds. The normalized spacial score (nSPS) is 12.9. The maximum atomic E-state index is 9.74. The Kier molecular flexibility index (Phi) is 6.09. The number of nitriles is 1. The van der Waals surface area contributed by atoms with Gasteiger partial charge in [0.2, 0.25) is 0 Å². The summed E-state index contributed by atoms with van der Waals surface area (Å²) in [6.45, 7) is 0. The maximum absolute atomic E-state index is 9.74. The summed E-state index contributed by atoms with van der Waals surface area (Å²) >= 11 is 0. The van der Waals surface area contributed by atoms with Crippen LogP contribution >= 0.6 is 0 Å². The molecular formula is C45H26N4O. The predicted molar refractivity (Wildman–Crippen MR) is 198 cm³/mol. The Hall–Kier alpha value is -6.90. The second-order valence-corrected chi connectivity index (χ2v) is 12.7. The molecule has 0 aliphatic heterocycles. The van der Waals surface area contributed by atoms with Gasteiger partial charge in [-0.05, 0) is 68.9 Å². The third-order valence-electron chi connectivity index (χ3n) is 10.0. The number of rotatable bonds is 4. The molecule has 232 valence electrons. The number of benzene rings is 7. The average Bonchev–Trinajstić information content (AvgIpc) is 3.72. The van der Waals surface area contributed by atoms with E-state index in [9.17, 15) is 5.26 Å². The second kappa shape index (κ2) is 10.8. The summed E-state index contributed by atoms with van der Waals surface area (Å²) in [5.41, 5.74) is 8.45. The van der Waals surface area contributed by atoms with Crippen molar-refractivity contribution < 1.29 is 4.42 Å². The molecule has 0 saturated carbocycles. The van der Waals surface area contributed by atoms with Gasteiger partial charge < -0.3 is 4.42 Å². The lowest BCUT2D eigenvalue weighted by molar-refractivity contribution is 0.669.